The van der Waals surface area contributed by atoms with E-state index >= 15 is 0 Å². The monoisotopic (exact) mass is 223 g/mol. The number of hydrogen-bond acceptors (Lipinski definition) is 2. The second-order valence-electron chi connectivity index (χ2n) is 2.62. The topological polar surface area (TPSA) is 12.5 Å². The van der Waals surface area contributed by atoms with E-state index in [2.05, 4.69) is 34.7 Å². The average molecular weight is 224 g/mol. The van der Waals surface area contributed by atoms with E-state index < -0.39 is 0 Å². The van der Waals surface area contributed by atoms with Gasteiger partial charge < -0.3 is 4.74 Å². The summed E-state index contributed by atoms with van der Waals surface area (Å²) in [5.74, 6) is 0. The molecule has 1 unspecified atom stereocenters. The summed E-state index contributed by atoms with van der Waals surface area (Å²) in [6.45, 7) is 7.38. The minimum atomic E-state index is 0.530. The highest BCUT2D eigenvalue weighted by molar-refractivity contribution is 9.09. The number of halogens is 1. The summed E-state index contributed by atoms with van der Waals surface area (Å²) >= 11 is 3.43. The molecule has 0 bridgehead atoms. The quantitative estimate of drug-likeness (QED) is 0.637. The van der Waals surface area contributed by atoms with Crippen LogP contribution in [0.25, 0.3) is 0 Å². The van der Waals surface area contributed by atoms with Gasteiger partial charge >= 0.3 is 0 Å². The lowest BCUT2D eigenvalue weighted by molar-refractivity contribution is 0.107. The lowest BCUT2D eigenvalue weighted by atomic mass is 10.3. The number of likely N-dealkylation sites (N-methyl/N-ethyl adjacent to an activating group) is 1. The maximum Gasteiger partial charge on any atom is 0.0615 e. The fourth-order valence-corrected chi connectivity index (χ4v) is 1.60. The molecule has 0 fully saturated rings. The van der Waals surface area contributed by atoms with Gasteiger partial charge in [0.15, 0.2) is 0 Å². The number of alkyl halides is 1. The molecule has 0 aromatic rings. The molecule has 0 aliphatic carbocycles. The van der Waals surface area contributed by atoms with Crippen LogP contribution in [0.15, 0.2) is 0 Å². The summed E-state index contributed by atoms with van der Waals surface area (Å²) in [5.41, 5.74) is 0. The number of ether oxygens (including phenoxy) is 1. The summed E-state index contributed by atoms with van der Waals surface area (Å²) in [6.07, 6.45) is 0. The maximum atomic E-state index is 5.08. The summed E-state index contributed by atoms with van der Waals surface area (Å²) in [5, 5.41) is 1.04. The van der Waals surface area contributed by atoms with Gasteiger partial charge in [-0.2, -0.15) is 0 Å². The van der Waals surface area contributed by atoms with Crippen LogP contribution in [0.4, 0.5) is 0 Å². The van der Waals surface area contributed by atoms with E-state index in [1.807, 2.05) is 0 Å². The molecule has 3 heteroatoms. The second kappa shape index (κ2) is 7.07. The first-order chi connectivity index (χ1) is 5.26. The van der Waals surface area contributed by atoms with Crippen LogP contribution in [-0.2, 0) is 4.74 Å². The molecule has 0 saturated carbocycles. The predicted octanol–water partition coefficient (Wildman–Crippen LogP) is 1.74. The molecule has 0 radical (unpaired) electrons. The van der Waals surface area contributed by atoms with Gasteiger partial charge in [-0.15, -0.1) is 0 Å². The van der Waals surface area contributed by atoms with Crippen molar-refractivity contribution >= 4 is 15.9 Å². The molecule has 0 heterocycles. The Labute approximate surface area is 78.0 Å². The molecule has 68 valence electrons. The van der Waals surface area contributed by atoms with Crippen LogP contribution in [0.3, 0.4) is 0 Å². The molecular formula is C8H18BrNO. The van der Waals surface area contributed by atoms with Gasteiger partial charge in [0.25, 0.3) is 0 Å². The minimum absolute atomic E-state index is 0.530. The average Bonchev–Trinajstić information content (AvgIpc) is 2.00. The van der Waals surface area contributed by atoms with Crippen molar-refractivity contribution in [1.82, 2.24) is 4.90 Å². The zero-order valence-electron chi connectivity index (χ0n) is 7.64. The zero-order chi connectivity index (χ0) is 8.69. The molecule has 0 rings (SSSR count). The van der Waals surface area contributed by atoms with Crippen molar-refractivity contribution in [3.8, 4) is 0 Å². The Morgan fingerprint density at radius 3 is 2.55 bits per heavy atom. The molecule has 0 amide bonds. The first-order valence-electron chi connectivity index (χ1n) is 4.05. The molecule has 0 N–H and O–H groups in total. The van der Waals surface area contributed by atoms with Gasteiger partial charge in [0.2, 0.25) is 0 Å². The summed E-state index contributed by atoms with van der Waals surface area (Å²) in [7, 11) is 1.75. The van der Waals surface area contributed by atoms with E-state index in [1.165, 1.54) is 0 Å². The Kier molecular flexibility index (Phi) is 7.33. The number of methoxy groups -OCH3 is 1. The van der Waals surface area contributed by atoms with Crippen molar-refractivity contribution < 1.29 is 4.74 Å². The van der Waals surface area contributed by atoms with Gasteiger partial charge in [0, 0.05) is 25.0 Å². The van der Waals surface area contributed by atoms with Crippen LogP contribution in [0.5, 0.6) is 0 Å². The molecule has 0 aliphatic heterocycles. The minimum Gasteiger partial charge on any atom is -0.383 e. The van der Waals surface area contributed by atoms with Crippen LogP contribution in [0.1, 0.15) is 13.8 Å². The van der Waals surface area contributed by atoms with Crippen molar-refractivity contribution in [2.45, 2.75) is 19.9 Å². The van der Waals surface area contributed by atoms with Crippen LogP contribution < -0.4 is 0 Å². The highest BCUT2D eigenvalue weighted by Crippen LogP contribution is 1.99. The summed E-state index contributed by atoms with van der Waals surface area (Å²) in [6, 6.07) is 0.530. The third-order valence-corrected chi connectivity index (χ3v) is 2.16. The van der Waals surface area contributed by atoms with Crippen LogP contribution >= 0.6 is 15.9 Å². The third-order valence-electron chi connectivity index (χ3n) is 1.81. The van der Waals surface area contributed by atoms with E-state index in [9.17, 15) is 0 Å². The molecule has 0 aromatic heterocycles. The number of nitrogens with zero attached hydrogens (tertiary/aromatic N) is 1. The Hall–Kier alpha value is 0.400. The van der Waals surface area contributed by atoms with Crippen LogP contribution in [0, 0.1) is 0 Å². The van der Waals surface area contributed by atoms with E-state index in [4.69, 9.17) is 4.74 Å². The van der Waals surface area contributed by atoms with Crippen molar-refractivity contribution in [3.05, 3.63) is 0 Å². The Balaban J connectivity index is 3.61. The van der Waals surface area contributed by atoms with Crippen molar-refractivity contribution in [3.63, 3.8) is 0 Å². The fraction of sp³-hybridized carbons (Fsp3) is 1.00. The summed E-state index contributed by atoms with van der Waals surface area (Å²) < 4.78 is 5.08. The van der Waals surface area contributed by atoms with Crippen molar-refractivity contribution in [2.75, 3.05) is 32.1 Å². The molecular weight excluding hydrogens is 206 g/mol. The van der Waals surface area contributed by atoms with Gasteiger partial charge in [0.1, 0.15) is 0 Å². The lowest BCUT2D eigenvalue weighted by Gasteiger charge is -2.26. The first kappa shape index (κ1) is 11.4. The number of hydrogen-bond donors (Lipinski definition) is 0. The third kappa shape index (κ3) is 4.77. The van der Waals surface area contributed by atoms with E-state index in [1.54, 1.807) is 7.11 Å². The fourth-order valence-electron chi connectivity index (χ4n) is 1.15. The van der Waals surface area contributed by atoms with Gasteiger partial charge in [-0.1, -0.05) is 22.9 Å². The number of rotatable bonds is 6. The molecule has 0 aromatic carbocycles. The van der Waals surface area contributed by atoms with Crippen molar-refractivity contribution in [1.29, 1.82) is 0 Å². The van der Waals surface area contributed by atoms with Crippen LogP contribution in [-0.4, -0.2) is 43.1 Å². The maximum absolute atomic E-state index is 5.08. The highest BCUT2D eigenvalue weighted by atomic mass is 79.9. The standard InChI is InChI=1S/C8H18BrNO/c1-4-10(6-5-9)8(2)7-11-3/h8H,4-7H2,1-3H3. The molecule has 0 aliphatic rings. The Morgan fingerprint density at radius 1 is 1.55 bits per heavy atom. The van der Waals surface area contributed by atoms with Gasteiger partial charge in [-0.25, -0.2) is 0 Å². The van der Waals surface area contributed by atoms with E-state index in [0.29, 0.717) is 6.04 Å². The molecule has 2 nitrogen and oxygen atoms in total. The van der Waals surface area contributed by atoms with Gasteiger partial charge in [0.05, 0.1) is 6.61 Å². The second-order valence-corrected chi connectivity index (χ2v) is 3.41. The first-order valence-corrected chi connectivity index (χ1v) is 5.17. The van der Waals surface area contributed by atoms with Gasteiger partial charge in [-0.3, -0.25) is 4.90 Å². The van der Waals surface area contributed by atoms with E-state index in [0.717, 1.165) is 25.0 Å². The largest absolute Gasteiger partial charge is 0.383 e. The SMILES string of the molecule is CCN(CCBr)C(C)COC. The van der Waals surface area contributed by atoms with E-state index in [-0.39, 0.29) is 0 Å². The molecule has 1 atom stereocenters. The molecule has 11 heavy (non-hydrogen) atoms. The normalized spacial score (nSPS) is 13.9. The Morgan fingerprint density at radius 2 is 2.18 bits per heavy atom. The van der Waals surface area contributed by atoms with Crippen LogP contribution in [0.2, 0.25) is 0 Å². The highest BCUT2D eigenvalue weighted by Gasteiger charge is 2.09. The smallest absolute Gasteiger partial charge is 0.0615 e. The van der Waals surface area contributed by atoms with Gasteiger partial charge in [-0.05, 0) is 13.5 Å². The molecule has 0 saturated heterocycles. The zero-order valence-corrected chi connectivity index (χ0v) is 9.23. The molecule has 0 spiro atoms. The van der Waals surface area contributed by atoms with Crippen molar-refractivity contribution in [2.24, 2.45) is 0 Å². The predicted molar refractivity (Wildman–Crippen MR) is 52.4 cm³/mol. The lowest BCUT2D eigenvalue weighted by Crippen LogP contribution is -2.37. The summed E-state index contributed by atoms with van der Waals surface area (Å²) in [4.78, 5) is 2.39. The Bertz CT molecular complexity index is 90.2.